The normalized spacial score (nSPS) is 11.5. The minimum Gasteiger partial charge on any atom is -0.497 e. The highest BCUT2D eigenvalue weighted by Gasteiger charge is 2.12. The van der Waals surface area contributed by atoms with E-state index in [0.717, 1.165) is 11.3 Å². The first kappa shape index (κ1) is 16.8. The number of aliphatic imine (C=N–C) groups is 1. The summed E-state index contributed by atoms with van der Waals surface area (Å²) in [6.07, 6.45) is 1.19. The van der Waals surface area contributed by atoms with Crippen LogP contribution in [0.4, 0.5) is 0 Å². The van der Waals surface area contributed by atoms with Crippen molar-refractivity contribution in [3.8, 4) is 5.75 Å². The van der Waals surface area contributed by atoms with E-state index in [0.29, 0.717) is 25.9 Å². The van der Waals surface area contributed by atoms with Crippen molar-refractivity contribution < 1.29 is 9.53 Å². The molecular weight excluding hydrogens is 270 g/mol. The molecule has 0 bridgehead atoms. The molecule has 0 fully saturated rings. The summed E-state index contributed by atoms with van der Waals surface area (Å²) in [5.74, 6) is 0.643. The van der Waals surface area contributed by atoms with Crippen LogP contribution in [-0.4, -0.2) is 31.6 Å². The standard InChI is InChI=1S/C14H23N5O2/c1-21-11-6-4-10(5-7-11)9-19-13(20)12(15)3-2-8-18-14(16)17/h4-7,12H,2-3,8-9,15H2,1H3,(H,19,20)(H4,16,17,18). The average Bonchev–Trinajstić information content (AvgIpc) is 2.49. The number of ether oxygens (including phenoxy) is 1. The highest BCUT2D eigenvalue weighted by molar-refractivity contribution is 5.81. The summed E-state index contributed by atoms with van der Waals surface area (Å²) in [7, 11) is 1.61. The zero-order chi connectivity index (χ0) is 15.7. The Bertz CT molecular complexity index is 469. The van der Waals surface area contributed by atoms with Crippen molar-refractivity contribution in [3.05, 3.63) is 29.8 Å². The molecular formula is C14H23N5O2. The number of hydrogen-bond donors (Lipinski definition) is 4. The van der Waals surface area contributed by atoms with E-state index >= 15 is 0 Å². The lowest BCUT2D eigenvalue weighted by Gasteiger charge is -2.12. The molecule has 0 saturated carbocycles. The van der Waals surface area contributed by atoms with E-state index in [1.165, 1.54) is 0 Å². The Balaban J connectivity index is 2.29. The highest BCUT2D eigenvalue weighted by Crippen LogP contribution is 2.10. The van der Waals surface area contributed by atoms with E-state index in [2.05, 4.69) is 10.3 Å². The first-order chi connectivity index (χ1) is 10.0. The molecule has 0 aromatic heterocycles. The van der Waals surface area contributed by atoms with Gasteiger partial charge in [-0.3, -0.25) is 9.79 Å². The number of rotatable bonds is 8. The second-order valence-corrected chi connectivity index (χ2v) is 4.62. The lowest BCUT2D eigenvalue weighted by molar-refractivity contribution is -0.122. The third-order valence-electron chi connectivity index (χ3n) is 2.93. The van der Waals surface area contributed by atoms with Gasteiger partial charge in [0.15, 0.2) is 5.96 Å². The molecule has 7 heteroatoms. The summed E-state index contributed by atoms with van der Waals surface area (Å²) in [6, 6.07) is 6.91. The Kier molecular flexibility index (Phi) is 7.03. The van der Waals surface area contributed by atoms with Crippen molar-refractivity contribution in [2.75, 3.05) is 13.7 Å². The molecule has 1 aromatic carbocycles. The summed E-state index contributed by atoms with van der Waals surface area (Å²) < 4.78 is 5.07. The van der Waals surface area contributed by atoms with Crippen LogP contribution in [0.15, 0.2) is 29.3 Å². The molecule has 116 valence electrons. The first-order valence-corrected chi connectivity index (χ1v) is 6.74. The fourth-order valence-corrected chi connectivity index (χ4v) is 1.71. The molecule has 1 unspecified atom stereocenters. The molecule has 0 aliphatic carbocycles. The Morgan fingerprint density at radius 2 is 2.00 bits per heavy atom. The van der Waals surface area contributed by atoms with E-state index < -0.39 is 6.04 Å². The van der Waals surface area contributed by atoms with Crippen LogP contribution >= 0.6 is 0 Å². The van der Waals surface area contributed by atoms with E-state index in [9.17, 15) is 4.79 Å². The second-order valence-electron chi connectivity index (χ2n) is 4.62. The van der Waals surface area contributed by atoms with Gasteiger partial charge in [-0.1, -0.05) is 12.1 Å². The van der Waals surface area contributed by atoms with Crippen molar-refractivity contribution in [1.29, 1.82) is 0 Å². The number of hydrogen-bond acceptors (Lipinski definition) is 4. The van der Waals surface area contributed by atoms with Crippen LogP contribution in [-0.2, 0) is 11.3 Å². The summed E-state index contributed by atoms with van der Waals surface area (Å²) in [5.41, 5.74) is 17.2. The maximum Gasteiger partial charge on any atom is 0.237 e. The van der Waals surface area contributed by atoms with E-state index in [1.54, 1.807) is 7.11 Å². The molecule has 1 amide bonds. The Labute approximate surface area is 124 Å². The molecule has 0 radical (unpaired) electrons. The SMILES string of the molecule is COc1ccc(CNC(=O)C(N)CCCN=C(N)N)cc1. The molecule has 7 nitrogen and oxygen atoms in total. The van der Waals surface area contributed by atoms with Crippen LogP contribution < -0.4 is 27.3 Å². The topological polar surface area (TPSA) is 129 Å². The number of carbonyl (C=O) groups excluding carboxylic acids is 1. The lowest BCUT2D eigenvalue weighted by atomic mass is 10.1. The summed E-state index contributed by atoms with van der Waals surface area (Å²) in [6.45, 7) is 0.909. The van der Waals surface area contributed by atoms with Crippen LogP contribution in [0.25, 0.3) is 0 Å². The van der Waals surface area contributed by atoms with Gasteiger partial charge in [0.1, 0.15) is 5.75 Å². The van der Waals surface area contributed by atoms with Gasteiger partial charge in [0, 0.05) is 13.1 Å². The van der Waals surface area contributed by atoms with Gasteiger partial charge in [-0.2, -0.15) is 0 Å². The number of nitrogens with two attached hydrogens (primary N) is 3. The number of nitrogens with zero attached hydrogens (tertiary/aromatic N) is 1. The van der Waals surface area contributed by atoms with Crippen molar-refractivity contribution in [2.24, 2.45) is 22.2 Å². The zero-order valence-electron chi connectivity index (χ0n) is 12.2. The quantitative estimate of drug-likeness (QED) is 0.297. The molecule has 0 aliphatic heterocycles. The highest BCUT2D eigenvalue weighted by atomic mass is 16.5. The molecule has 21 heavy (non-hydrogen) atoms. The molecule has 0 saturated heterocycles. The molecule has 1 rings (SSSR count). The van der Waals surface area contributed by atoms with Gasteiger partial charge in [0.25, 0.3) is 0 Å². The molecule has 0 aliphatic rings. The first-order valence-electron chi connectivity index (χ1n) is 6.74. The fraction of sp³-hybridized carbons (Fsp3) is 0.429. The number of methoxy groups -OCH3 is 1. The van der Waals surface area contributed by atoms with Gasteiger partial charge in [0.2, 0.25) is 5.91 Å². The van der Waals surface area contributed by atoms with Crippen LogP contribution in [0, 0.1) is 0 Å². The smallest absolute Gasteiger partial charge is 0.237 e. The van der Waals surface area contributed by atoms with Gasteiger partial charge in [0.05, 0.1) is 13.2 Å². The van der Waals surface area contributed by atoms with Gasteiger partial charge >= 0.3 is 0 Å². The number of carbonyl (C=O) groups is 1. The predicted octanol–water partition coefficient (Wildman–Crippen LogP) is -0.308. The summed E-state index contributed by atoms with van der Waals surface area (Å²) in [4.78, 5) is 15.7. The van der Waals surface area contributed by atoms with Gasteiger partial charge in [-0.25, -0.2) is 0 Å². The van der Waals surface area contributed by atoms with Crippen LogP contribution in [0.5, 0.6) is 5.75 Å². The van der Waals surface area contributed by atoms with Crippen molar-refractivity contribution in [2.45, 2.75) is 25.4 Å². The van der Waals surface area contributed by atoms with Gasteiger partial charge < -0.3 is 27.3 Å². The average molecular weight is 293 g/mol. The van der Waals surface area contributed by atoms with Crippen molar-refractivity contribution in [3.63, 3.8) is 0 Å². The van der Waals surface area contributed by atoms with Crippen LogP contribution in [0.1, 0.15) is 18.4 Å². The Morgan fingerprint density at radius 3 is 2.57 bits per heavy atom. The van der Waals surface area contributed by atoms with Gasteiger partial charge in [-0.05, 0) is 30.5 Å². The van der Waals surface area contributed by atoms with Gasteiger partial charge in [-0.15, -0.1) is 0 Å². The minimum atomic E-state index is -0.558. The Morgan fingerprint density at radius 1 is 1.33 bits per heavy atom. The van der Waals surface area contributed by atoms with Crippen LogP contribution in [0.2, 0.25) is 0 Å². The maximum atomic E-state index is 11.8. The lowest BCUT2D eigenvalue weighted by Crippen LogP contribution is -2.40. The number of nitrogens with one attached hydrogen (secondary N) is 1. The maximum absolute atomic E-state index is 11.8. The fourth-order valence-electron chi connectivity index (χ4n) is 1.71. The van der Waals surface area contributed by atoms with Crippen molar-refractivity contribution in [1.82, 2.24) is 5.32 Å². The molecule has 1 aromatic rings. The molecule has 0 heterocycles. The Hall–Kier alpha value is -2.28. The summed E-state index contributed by atoms with van der Waals surface area (Å²) in [5, 5.41) is 2.80. The van der Waals surface area contributed by atoms with E-state index in [4.69, 9.17) is 21.9 Å². The minimum absolute atomic E-state index is 0.0486. The second kappa shape index (κ2) is 8.80. The van der Waals surface area contributed by atoms with E-state index in [-0.39, 0.29) is 11.9 Å². The zero-order valence-corrected chi connectivity index (χ0v) is 12.2. The summed E-state index contributed by atoms with van der Waals surface area (Å²) >= 11 is 0. The van der Waals surface area contributed by atoms with E-state index in [1.807, 2.05) is 24.3 Å². The molecule has 0 spiro atoms. The number of amides is 1. The van der Waals surface area contributed by atoms with Crippen LogP contribution in [0.3, 0.4) is 0 Å². The predicted molar refractivity (Wildman–Crippen MR) is 82.7 cm³/mol. The molecule has 7 N–H and O–H groups in total. The number of guanidine groups is 1. The molecule has 1 atom stereocenters. The largest absolute Gasteiger partial charge is 0.497 e. The number of benzene rings is 1. The third-order valence-corrected chi connectivity index (χ3v) is 2.93. The monoisotopic (exact) mass is 293 g/mol. The third kappa shape index (κ3) is 6.62. The van der Waals surface area contributed by atoms with Crippen molar-refractivity contribution >= 4 is 11.9 Å².